The molecule has 1 aliphatic carbocycles. The smallest absolute Gasteiger partial charge is 0.124 e. The van der Waals surface area contributed by atoms with Gasteiger partial charge in [-0.05, 0) is 42.4 Å². The third-order valence-corrected chi connectivity index (χ3v) is 3.71. The average Bonchev–Trinajstić information content (AvgIpc) is 2.94. The maximum Gasteiger partial charge on any atom is 0.124 e. The Hall–Kier alpha value is -0.640. The van der Waals surface area contributed by atoms with E-state index in [2.05, 4.69) is 12.3 Å². The average molecular weight is 243 g/mol. The Labute approximate surface area is 99.9 Å². The van der Waals surface area contributed by atoms with E-state index >= 15 is 0 Å². The zero-order chi connectivity index (χ0) is 11.7. The van der Waals surface area contributed by atoms with Crippen molar-refractivity contribution in [1.82, 2.24) is 5.43 Å². The van der Waals surface area contributed by atoms with Gasteiger partial charge in [0.2, 0.25) is 0 Å². The van der Waals surface area contributed by atoms with Gasteiger partial charge in [0.25, 0.3) is 0 Å². The topological polar surface area (TPSA) is 38.0 Å². The first-order valence-corrected chi connectivity index (χ1v) is 5.89. The van der Waals surface area contributed by atoms with Crippen LogP contribution in [-0.4, -0.2) is 6.04 Å². The molecule has 0 saturated heterocycles. The van der Waals surface area contributed by atoms with Crippen molar-refractivity contribution in [2.24, 2.45) is 17.7 Å². The molecule has 0 heterocycles. The third kappa shape index (κ3) is 2.54. The standard InChI is InChI=1S/C12H16ClFN2/c1-7-4-10(7)12(16-15)5-8-2-3-9(14)6-11(8)13/h2-3,6-7,10,12,16H,4-5,15H2,1H3. The van der Waals surface area contributed by atoms with Crippen LogP contribution in [0.4, 0.5) is 4.39 Å². The van der Waals surface area contributed by atoms with Crippen molar-refractivity contribution in [2.45, 2.75) is 25.8 Å². The van der Waals surface area contributed by atoms with Gasteiger partial charge in [0, 0.05) is 11.1 Å². The van der Waals surface area contributed by atoms with Gasteiger partial charge >= 0.3 is 0 Å². The maximum atomic E-state index is 12.9. The molecule has 0 aromatic heterocycles. The highest BCUT2D eigenvalue weighted by atomic mass is 35.5. The van der Waals surface area contributed by atoms with Crippen LogP contribution in [0.5, 0.6) is 0 Å². The summed E-state index contributed by atoms with van der Waals surface area (Å²) in [5.74, 6) is 6.58. The van der Waals surface area contributed by atoms with E-state index in [1.54, 1.807) is 6.07 Å². The van der Waals surface area contributed by atoms with E-state index in [0.29, 0.717) is 10.9 Å². The van der Waals surface area contributed by atoms with Gasteiger partial charge in [-0.15, -0.1) is 0 Å². The number of nitrogens with two attached hydrogens (primary N) is 1. The van der Waals surface area contributed by atoms with Crippen LogP contribution in [0.15, 0.2) is 18.2 Å². The minimum absolute atomic E-state index is 0.234. The summed E-state index contributed by atoms with van der Waals surface area (Å²) >= 11 is 5.98. The van der Waals surface area contributed by atoms with Crippen molar-refractivity contribution in [3.05, 3.63) is 34.6 Å². The molecule has 1 aromatic carbocycles. The monoisotopic (exact) mass is 242 g/mol. The van der Waals surface area contributed by atoms with E-state index in [9.17, 15) is 4.39 Å². The van der Waals surface area contributed by atoms with Gasteiger partial charge in [-0.25, -0.2) is 4.39 Å². The summed E-state index contributed by atoms with van der Waals surface area (Å²) in [5.41, 5.74) is 3.78. The predicted octanol–water partition coefficient (Wildman–Crippen LogP) is 2.51. The van der Waals surface area contributed by atoms with E-state index in [1.165, 1.54) is 18.6 Å². The first kappa shape index (κ1) is 11.8. The number of nitrogens with one attached hydrogen (secondary N) is 1. The number of benzene rings is 1. The maximum absolute atomic E-state index is 12.9. The molecule has 1 fully saturated rings. The second kappa shape index (κ2) is 4.70. The van der Waals surface area contributed by atoms with Crippen molar-refractivity contribution < 1.29 is 4.39 Å². The highest BCUT2D eigenvalue weighted by molar-refractivity contribution is 6.31. The minimum Gasteiger partial charge on any atom is -0.271 e. The fraction of sp³-hybridized carbons (Fsp3) is 0.500. The largest absolute Gasteiger partial charge is 0.271 e. The van der Waals surface area contributed by atoms with Gasteiger partial charge in [-0.1, -0.05) is 24.6 Å². The molecule has 2 nitrogen and oxygen atoms in total. The van der Waals surface area contributed by atoms with Crippen molar-refractivity contribution in [3.63, 3.8) is 0 Å². The zero-order valence-corrected chi connectivity index (χ0v) is 9.97. The first-order chi connectivity index (χ1) is 7.61. The number of hydrogen-bond acceptors (Lipinski definition) is 2. The second-order valence-corrected chi connectivity index (χ2v) is 5.00. The number of hydrogen-bond donors (Lipinski definition) is 2. The van der Waals surface area contributed by atoms with Crippen LogP contribution in [0.1, 0.15) is 18.9 Å². The Balaban J connectivity index is 2.07. The number of rotatable bonds is 4. The Morgan fingerprint density at radius 3 is 2.81 bits per heavy atom. The Bertz CT molecular complexity index is 383. The van der Waals surface area contributed by atoms with Crippen LogP contribution in [-0.2, 0) is 6.42 Å². The molecule has 16 heavy (non-hydrogen) atoms. The van der Waals surface area contributed by atoms with Gasteiger partial charge < -0.3 is 0 Å². The van der Waals surface area contributed by atoms with E-state index in [1.807, 2.05) is 0 Å². The van der Waals surface area contributed by atoms with Crippen LogP contribution in [0.25, 0.3) is 0 Å². The molecule has 1 aromatic rings. The van der Waals surface area contributed by atoms with Crippen LogP contribution >= 0.6 is 11.6 Å². The first-order valence-electron chi connectivity index (χ1n) is 5.52. The molecule has 0 bridgehead atoms. The summed E-state index contributed by atoms with van der Waals surface area (Å²) < 4.78 is 12.9. The molecule has 0 aliphatic heterocycles. The lowest BCUT2D eigenvalue weighted by Gasteiger charge is -2.16. The highest BCUT2D eigenvalue weighted by Gasteiger charge is 2.39. The molecule has 3 atom stereocenters. The molecule has 0 radical (unpaired) electrons. The molecule has 3 N–H and O–H groups in total. The van der Waals surface area contributed by atoms with Gasteiger partial charge in [-0.3, -0.25) is 11.3 Å². The molecule has 3 unspecified atom stereocenters. The Morgan fingerprint density at radius 1 is 1.62 bits per heavy atom. The fourth-order valence-corrected chi connectivity index (χ4v) is 2.41. The van der Waals surface area contributed by atoms with Crippen molar-refractivity contribution >= 4 is 11.6 Å². The van der Waals surface area contributed by atoms with Gasteiger partial charge in [-0.2, -0.15) is 0 Å². The molecule has 88 valence electrons. The molecule has 1 aliphatic rings. The second-order valence-electron chi connectivity index (χ2n) is 4.59. The molecular weight excluding hydrogens is 227 g/mol. The van der Waals surface area contributed by atoms with E-state index < -0.39 is 0 Å². The zero-order valence-electron chi connectivity index (χ0n) is 9.21. The van der Waals surface area contributed by atoms with Crippen molar-refractivity contribution in [1.29, 1.82) is 0 Å². The highest BCUT2D eigenvalue weighted by Crippen LogP contribution is 2.41. The van der Waals surface area contributed by atoms with Gasteiger partial charge in [0.05, 0.1) is 0 Å². The SMILES string of the molecule is CC1CC1C(Cc1ccc(F)cc1Cl)NN. The van der Waals surface area contributed by atoms with E-state index in [4.69, 9.17) is 17.4 Å². The van der Waals surface area contributed by atoms with Crippen molar-refractivity contribution in [2.75, 3.05) is 0 Å². The Morgan fingerprint density at radius 2 is 2.31 bits per heavy atom. The molecule has 2 rings (SSSR count). The van der Waals surface area contributed by atoms with Gasteiger partial charge in [0.15, 0.2) is 0 Å². The molecule has 0 amide bonds. The van der Waals surface area contributed by atoms with Crippen LogP contribution in [0.2, 0.25) is 5.02 Å². The van der Waals surface area contributed by atoms with Crippen LogP contribution in [0.3, 0.4) is 0 Å². The Kier molecular flexibility index (Phi) is 3.47. The van der Waals surface area contributed by atoms with Crippen LogP contribution in [0, 0.1) is 17.7 Å². The predicted molar refractivity (Wildman–Crippen MR) is 63.5 cm³/mol. The minimum atomic E-state index is -0.300. The summed E-state index contributed by atoms with van der Waals surface area (Å²) in [6, 6.07) is 4.75. The normalized spacial score (nSPS) is 25.5. The van der Waals surface area contributed by atoms with E-state index in [0.717, 1.165) is 17.9 Å². The summed E-state index contributed by atoms with van der Waals surface area (Å²) in [4.78, 5) is 0. The lowest BCUT2D eigenvalue weighted by molar-refractivity contribution is 0.454. The van der Waals surface area contributed by atoms with E-state index in [-0.39, 0.29) is 11.9 Å². The lowest BCUT2D eigenvalue weighted by atomic mass is 10.0. The number of hydrazine groups is 1. The summed E-state index contributed by atoms with van der Waals surface area (Å²) in [6.07, 6.45) is 1.96. The quantitative estimate of drug-likeness (QED) is 0.629. The number of halogens is 2. The lowest BCUT2D eigenvalue weighted by Crippen LogP contribution is -2.39. The fourth-order valence-electron chi connectivity index (χ4n) is 2.17. The molecular formula is C12H16ClFN2. The van der Waals surface area contributed by atoms with Crippen LogP contribution < -0.4 is 11.3 Å². The van der Waals surface area contributed by atoms with Gasteiger partial charge in [0.1, 0.15) is 5.82 Å². The van der Waals surface area contributed by atoms with Crippen molar-refractivity contribution in [3.8, 4) is 0 Å². The molecule has 1 saturated carbocycles. The summed E-state index contributed by atoms with van der Waals surface area (Å²) in [6.45, 7) is 2.21. The third-order valence-electron chi connectivity index (χ3n) is 3.36. The summed E-state index contributed by atoms with van der Waals surface area (Å²) in [7, 11) is 0. The molecule has 4 heteroatoms. The summed E-state index contributed by atoms with van der Waals surface area (Å²) in [5, 5.41) is 0.480. The molecule has 0 spiro atoms.